The van der Waals surface area contributed by atoms with Gasteiger partial charge in [0.15, 0.2) is 9.84 Å². The molecule has 3 rings (SSSR count). The van der Waals surface area contributed by atoms with Crippen molar-refractivity contribution >= 4 is 15.5 Å². The molecule has 0 unspecified atom stereocenters. The standard InChI is InChI=1S/C16H23N3O2S/c1-12-6-4-9-16-17-13(11-19(12)16)10-18(2)14-7-5-8-15(14)22(3,20)21/h4,6,9,11,14-15H,5,7-8,10H2,1-3H3/t14-,15+/m1/s1. The Morgan fingerprint density at radius 1 is 1.36 bits per heavy atom. The second kappa shape index (κ2) is 5.66. The number of fused-ring (bicyclic) bond motifs is 1. The van der Waals surface area contributed by atoms with Crippen molar-refractivity contribution in [1.29, 1.82) is 0 Å². The molecule has 0 radical (unpaired) electrons. The van der Waals surface area contributed by atoms with Crippen molar-refractivity contribution in [3.05, 3.63) is 35.8 Å². The lowest BCUT2D eigenvalue weighted by molar-refractivity contribution is 0.236. The van der Waals surface area contributed by atoms with Gasteiger partial charge in [0.1, 0.15) is 5.65 Å². The molecule has 2 heterocycles. The highest BCUT2D eigenvalue weighted by atomic mass is 32.2. The first-order valence-electron chi connectivity index (χ1n) is 7.69. The molecule has 0 amide bonds. The lowest BCUT2D eigenvalue weighted by Gasteiger charge is -2.28. The highest BCUT2D eigenvalue weighted by molar-refractivity contribution is 7.91. The van der Waals surface area contributed by atoms with Crippen molar-refractivity contribution in [3.8, 4) is 0 Å². The van der Waals surface area contributed by atoms with Crippen molar-refractivity contribution in [1.82, 2.24) is 14.3 Å². The Kier molecular flexibility index (Phi) is 3.99. The van der Waals surface area contributed by atoms with Gasteiger partial charge in [-0.25, -0.2) is 13.4 Å². The van der Waals surface area contributed by atoms with Crippen molar-refractivity contribution in [3.63, 3.8) is 0 Å². The third-order valence-electron chi connectivity index (χ3n) is 4.69. The van der Waals surface area contributed by atoms with E-state index < -0.39 is 9.84 Å². The predicted octanol–water partition coefficient (Wildman–Crippen LogP) is 2.04. The zero-order valence-corrected chi connectivity index (χ0v) is 14.2. The van der Waals surface area contributed by atoms with Gasteiger partial charge in [-0.05, 0) is 38.9 Å². The Morgan fingerprint density at radius 2 is 2.14 bits per heavy atom. The topological polar surface area (TPSA) is 54.7 Å². The van der Waals surface area contributed by atoms with Gasteiger partial charge < -0.3 is 4.40 Å². The lowest BCUT2D eigenvalue weighted by Crippen LogP contribution is -2.40. The fraction of sp³-hybridized carbons (Fsp3) is 0.562. The Balaban J connectivity index is 1.81. The minimum Gasteiger partial charge on any atom is -0.304 e. The van der Waals surface area contributed by atoms with Gasteiger partial charge in [0, 0.05) is 30.7 Å². The summed E-state index contributed by atoms with van der Waals surface area (Å²) < 4.78 is 26.0. The van der Waals surface area contributed by atoms with Gasteiger partial charge in [-0.15, -0.1) is 0 Å². The van der Waals surface area contributed by atoms with E-state index in [1.807, 2.05) is 25.4 Å². The van der Waals surface area contributed by atoms with Crippen LogP contribution in [0.15, 0.2) is 24.4 Å². The fourth-order valence-corrected chi connectivity index (χ4v) is 5.07. The summed E-state index contributed by atoms with van der Waals surface area (Å²) in [5.41, 5.74) is 3.07. The number of nitrogens with zero attached hydrogens (tertiary/aromatic N) is 3. The van der Waals surface area contributed by atoms with Crippen LogP contribution in [-0.2, 0) is 16.4 Å². The quantitative estimate of drug-likeness (QED) is 0.865. The average molecular weight is 321 g/mol. The average Bonchev–Trinajstić information content (AvgIpc) is 3.04. The minimum absolute atomic E-state index is 0.0981. The van der Waals surface area contributed by atoms with Crippen LogP contribution in [-0.4, -0.2) is 47.3 Å². The van der Waals surface area contributed by atoms with E-state index in [-0.39, 0.29) is 11.3 Å². The summed E-state index contributed by atoms with van der Waals surface area (Å²) in [6.45, 7) is 2.73. The number of hydrogen-bond acceptors (Lipinski definition) is 4. The first-order valence-corrected chi connectivity index (χ1v) is 9.64. The summed E-state index contributed by atoms with van der Waals surface area (Å²) in [5, 5.41) is -0.240. The van der Waals surface area contributed by atoms with Crippen molar-refractivity contribution in [2.45, 2.75) is 44.0 Å². The van der Waals surface area contributed by atoms with Crippen molar-refractivity contribution in [2.24, 2.45) is 0 Å². The normalized spacial score (nSPS) is 22.7. The van der Waals surface area contributed by atoms with Crippen LogP contribution >= 0.6 is 0 Å². The molecule has 1 fully saturated rings. The summed E-state index contributed by atoms with van der Waals surface area (Å²) in [6.07, 6.45) is 6.11. The SMILES string of the molecule is Cc1cccc2nc(CN(C)[C@@H]3CCC[C@@H]3S(C)(=O)=O)cn12. The number of aryl methyl sites for hydroxylation is 1. The van der Waals surface area contributed by atoms with E-state index in [9.17, 15) is 8.42 Å². The van der Waals surface area contributed by atoms with Gasteiger partial charge in [-0.2, -0.15) is 0 Å². The number of rotatable bonds is 4. The summed E-state index contributed by atoms with van der Waals surface area (Å²) in [5.74, 6) is 0. The van der Waals surface area contributed by atoms with Crippen LogP contribution in [0.4, 0.5) is 0 Å². The molecule has 1 aliphatic carbocycles. The molecule has 0 aromatic carbocycles. The van der Waals surface area contributed by atoms with Crippen molar-refractivity contribution < 1.29 is 8.42 Å². The highest BCUT2D eigenvalue weighted by Gasteiger charge is 2.37. The Hall–Kier alpha value is -1.40. The third kappa shape index (κ3) is 2.90. The number of pyridine rings is 1. The van der Waals surface area contributed by atoms with E-state index in [2.05, 4.69) is 27.3 Å². The Morgan fingerprint density at radius 3 is 2.82 bits per heavy atom. The zero-order chi connectivity index (χ0) is 15.9. The monoisotopic (exact) mass is 321 g/mol. The summed E-state index contributed by atoms with van der Waals surface area (Å²) >= 11 is 0. The number of imidazole rings is 1. The van der Waals surface area contributed by atoms with Gasteiger partial charge in [0.2, 0.25) is 0 Å². The van der Waals surface area contributed by atoms with Crippen LogP contribution in [0.2, 0.25) is 0 Å². The molecule has 120 valence electrons. The lowest BCUT2D eigenvalue weighted by atomic mass is 10.2. The first-order chi connectivity index (χ1) is 10.4. The van der Waals surface area contributed by atoms with Gasteiger partial charge in [-0.3, -0.25) is 4.90 Å². The van der Waals surface area contributed by atoms with Gasteiger partial charge in [0.05, 0.1) is 10.9 Å². The molecule has 5 nitrogen and oxygen atoms in total. The molecule has 0 spiro atoms. The molecule has 0 bridgehead atoms. The molecule has 6 heteroatoms. The van der Waals surface area contributed by atoms with Gasteiger partial charge in [-0.1, -0.05) is 12.5 Å². The molecule has 1 aliphatic rings. The molecule has 2 atom stereocenters. The third-order valence-corrected chi connectivity index (χ3v) is 6.34. The zero-order valence-electron chi connectivity index (χ0n) is 13.4. The largest absolute Gasteiger partial charge is 0.304 e. The maximum atomic E-state index is 11.9. The maximum absolute atomic E-state index is 11.9. The molecule has 2 aromatic heterocycles. The first kappa shape index (κ1) is 15.5. The van der Waals surface area contributed by atoms with E-state index in [1.165, 1.54) is 6.26 Å². The molecular formula is C16H23N3O2S. The van der Waals surface area contributed by atoms with E-state index >= 15 is 0 Å². The maximum Gasteiger partial charge on any atom is 0.151 e. The highest BCUT2D eigenvalue weighted by Crippen LogP contribution is 2.29. The number of aromatic nitrogens is 2. The molecule has 0 saturated heterocycles. The van der Waals surface area contributed by atoms with E-state index in [0.717, 1.165) is 36.3 Å². The van der Waals surface area contributed by atoms with E-state index in [0.29, 0.717) is 6.54 Å². The number of hydrogen-bond donors (Lipinski definition) is 0. The van der Waals surface area contributed by atoms with Crippen LogP contribution in [0.3, 0.4) is 0 Å². The van der Waals surface area contributed by atoms with Crippen LogP contribution in [0.25, 0.3) is 5.65 Å². The van der Waals surface area contributed by atoms with Crippen molar-refractivity contribution in [2.75, 3.05) is 13.3 Å². The molecule has 0 N–H and O–H groups in total. The van der Waals surface area contributed by atoms with E-state index in [4.69, 9.17) is 0 Å². The Labute approximate surface area is 131 Å². The Bertz CT molecular complexity index is 782. The van der Waals surface area contributed by atoms with Gasteiger partial charge in [0.25, 0.3) is 0 Å². The summed E-state index contributed by atoms with van der Waals surface area (Å²) in [4.78, 5) is 6.79. The molecular weight excluding hydrogens is 298 g/mol. The predicted molar refractivity (Wildman–Crippen MR) is 87.7 cm³/mol. The smallest absolute Gasteiger partial charge is 0.151 e. The number of sulfone groups is 1. The fourth-order valence-electron chi connectivity index (χ4n) is 3.56. The van der Waals surface area contributed by atoms with Crippen LogP contribution in [0.5, 0.6) is 0 Å². The van der Waals surface area contributed by atoms with Crippen LogP contribution < -0.4 is 0 Å². The summed E-state index contributed by atoms with van der Waals surface area (Å²) in [6, 6.07) is 6.15. The second-order valence-corrected chi connectivity index (χ2v) is 8.67. The van der Waals surface area contributed by atoms with Crippen LogP contribution in [0, 0.1) is 6.92 Å². The van der Waals surface area contributed by atoms with Gasteiger partial charge >= 0.3 is 0 Å². The molecule has 0 aliphatic heterocycles. The van der Waals surface area contributed by atoms with E-state index in [1.54, 1.807) is 0 Å². The molecule has 22 heavy (non-hydrogen) atoms. The second-order valence-electron chi connectivity index (χ2n) is 6.41. The molecule has 2 aromatic rings. The molecule has 1 saturated carbocycles. The van der Waals surface area contributed by atoms with Crippen LogP contribution in [0.1, 0.15) is 30.7 Å². The minimum atomic E-state index is -2.99. The summed E-state index contributed by atoms with van der Waals surface area (Å²) in [7, 11) is -0.983.